The topological polar surface area (TPSA) is 106 Å². The van der Waals surface area contributed by atoms with Crippen LogP contribution in [0.15, 0.2) is 43.0 Å². The van der Waals surface area contributed by atoms with Crippen molar-refractivity contribution in [2.24, 2.45) is 0 Å². The van der Waals surface area contributed by atoms with E-state index in [1.807, 2.05) is 0 Å². The van der Waals surface area contributed by atoms with E-state index in [1.165, 1.54) is 36.6 Å². The summed E-state index contributed by atoms with van der Waals surface area (Å²) in [6, 6.07) is 3.80. The number of aromatic nitrogens is 2. The summed E-state index contributed by atoms with van der Waals surface area (Å²) < 4.78 is 47.3. The van der Waals surface area contributed by atoms with Gasteiger partial charge in [-0.1, -0.05) is 0 Å². The minimum absolute atomic E-state index is 0.181. The average Bonchev–Trinajstić information content (AvgIpc) is 3.32. The number of morpholine rings is 1. The lowest BCUT2D eigenvalue weighted by molar-refractivity contribution is -0.274. The molecule has 1 aliphatic rings. The monoisotopic (exact) mass is 483 g/mol. The SMILES string of the molecule is CN(CC(=O)Nc1ccc(OC(F)(F)F)cc1)C(=O)C[C@@H](C(=O)N1CCOCC1)n1ccnc1. The van der Waals surface area contributed by atoms with Crippen molar-refractivity contribution in [3.63, 3.8) is 0 Å². The smallest absolute Gasteiger partial charge is 0.406 e. The van der Waals surface area contributed by atoms with Crippen LogP contribution in [0.3, 0.4) is 0 Å². The predicted molar refractivity (Wildman–Crippen MR) is 113 cm³/mol. The lowest BCUT2D eigenvalue weighted by atomic mass is 10.1. The van der Waals surface area contributed by atoms with Crippen LogP contribution in [0.5, 0.6) is 5.75 Å². The molecule has 0 saturated carbocycles. The lowest BCUT2D eigenvalue weighted by Crippen LogP contribution is -2.45. The van der Waals surface area contributed by atoms with Crippen LogP contribution in [0, 0.1) is 0 Å². The van der Waals surface area contributed by atoms with Crippen molar-refractivity contribution in [2.75, 3.05) is 45.2 Å². The Morgan fingerprint density at radius 2 is 1.88 bits per heavy atom. The number of halogens is 3. The summed E-state index contributed by atoms with van der Waals surface area (Å²) in [5, 5.41) is 2.50. The van der Waals surface area contributed by atoms with Crippen LogP contribution in [0.25, 0.3) is 0 Å². The van der Waals surface area contributed by atoms with Gasteiger partial charge in [-0.25, -0.2) is 4.98 Å². The molecule has 1 aromatic carbocycles. The Hall–Kier alpha value is -3.61. The molecule has 1 N–H and O–H groups in total. The first-order chi connectivity index (χ1) is 16.1. The normalized spacial score (nSPS) is 14.9. The Labute approximate surface area is 193 Å². The fourth-order valence-corrected chi connectivity index (χ4v) is 3.33. The van der Waals surface area contributed by atoms with Crippen LogP contribution in [0.2, 0.25) is 0 Å². The van der Waals surface area contributed by atoms with Gasteiger partial charge in [0.25, 0.3) is 0 Å². The largest absolute Gasteiger partial charge is 0.573 e. The Morgan fingerprint density at radius 3 is 2.47 bits per heavy atom. The number of carbonyl (C=O) groups is 3. The third-order valence-electron chi connectivity index (χ3n) is 5.04. The van der Waals surface area contributed by atoms with Crippen LogP contribution in [0.4, 0.5) is 18.9 Å². The molecule has 0 unspecified atom stereocenters. The molecular weight excluding hydrogens is 459 g/mol. The van der Waals surface area contributed by atoms with Gasteiger partial charge >= 0.3 is 6.36 Å². The quantitative estimate of drug-likeness (QED) is 0.613. The van der Waals surface area contributed by atoms with E-state index < -0.39 is 30.0 Å². The third-order valence-corrected chi connectivity index (χ3v) is 5.04. The van der Waals surface area contributed by atoms with Gasteiger partial charge in [0, 0.05) is 38.2 Å². The molecule has 1 aromatic heterocycles. The summed E-state index contributed by atoms with van der Waals surface area (Å²) in [7, 11) is 1.42. The summed E-state index contributed by atoms with van der Waals surface area (Å²) in [4.78, 5) is 44.9. The van der Waals surface area contributed by atoms with E-state index in [4.69, 9.17) is 4.74 Å². The molecule has 1 saturated heterocycles. The number of ether oxygens (including phenoxy) is 2. The van der Waals surface area contributed by atoms with Crippen LogP contribution >= 0.6 is 0 Å². The van der Waals surface area contributed by atoms with Crippen LogP contribution in [-0.2, 0) is 19.1 Å². The third kappa shape index (κ3) is 7.20. The molecule has 1 fully saturated rings. The molecule has 0 spiro atoms. The molecule has 13 heteroatoms. The molecule has 2 heterocycles. The molecule has 0 radical (unpaired) electrons. The van der Waals surface area contributed by atoms with E-state index in [2.05, 4.69) is 15.0 Å². The van der Waals surface area contributed by atoms with E-state index in [0.29, 0.717) is 26.3 Å². The summed E-state index contributed by atoms with van der Waals surface area (Å²) in [6.07, 6.45) is -0.442. The molecule has 0 aliphatic carbocycles. The zero-order valence-corrected chi connectivity index (χ0v) is 18.3. The second-order valence-corrected chi connectivity index (χ2v) is 7.54. The van der Waals surface area contributed by atoms with Gasteiger partial charge in [-0.15, -0.1) is 13.2 Å². The first-order valence-electron chi connectivity index (χ1n) is 10.4. The summed E-state index contributed by atoms with van der Waals surface area (Å²) in [5.41, 5.74) is 0.235. The van der Waals surface area contributed by atoms with Gasteiger partial charge in [0.05, 0.1) is 32.5 Å². The van der Waals surface area contributed by atoms with Gasteiger partial charge in [-0.05, 0) is 24.3 Å². The number of likely N-dealkylation sites (N-methyl/N-ethyl adjacent to an activating group) is 1. The average molecular weight is 483 g/mol. The zero-order valence-electron chi connectivity index (χ0n) is 18.3. The van der Waals surface area contributed by atoms with Gasteiger partial charge in [0.2, 0.25) is 17.7 Å². The van der Waals surface area contributed by atoms with Gasteiger partial charge in [0.15, 0.2) is 0 Å². The number of imidazole rings is 1. The maximum atomic E-state index is 13.0. The number of anilines is 1. The summed E-state index contributed by atoms with van der Waals surface area (Å²) in [6.45, 7) is 1.36. The Balaban J connectivity index is 1.56. The first-order valence-corrected chi connectivity index (χ1v) is 10.4. The number of hydrogen-bond acceptors (Lipinski definition) is 6. The van der Waals surface area contributed by atoms with E-state index >= 15 is 0 Å². The molecule has 2 aromatic rings. The van der Waals surface area contributed by atoms with Crippen molar-refractivity contribution in [1.82, 2.24) is 19.4 Å². The maximum Gasteiger partial charge on any atom is 0.573 e. The number of rotatable bonds is 8. The minimum atomic E-state index is -4.81. The van der Waals surface area contributed by atoms with Gasteiger partial charge in [-0.3, -0.25) is 14.4 Å². The number of hydrogen-bond donors (Lipinski definition) is 1. The number of alkyl halides is 3. The zero-order chi connectivity index (χ0) is 24.7. The maximum absolute atomic E-state index is 13.0. The molecule has 3 amide bonds. The van der Waals surface area contributed by atoms with E-state index in [9.17, 15) is 27.6 Å². The summed E-state index contributed by atoms with van der Waals surface area (Å²) in [5.74, 6) is -1.66. The molecule has 3 rings (SSSR count). The number of amides is 3. The van der Waals surface area contributed by atoms with Gasteiger partial charge in [0.1, 0.15) is 11.8 Å². The molecular formula is C21H24F3N5O5. The fourth-order valence-electron chi connectivity index (χ4n) is 3.33. The van der Waals surface area contributed by atoms with Crippen molar-refractivity contribution in [1.29, 1.82) is 0 Å². The highest BCUT2D eigenvalue weighted by Crippen LogP contribution is 2.24. The molecule has 184 valence electrons. The number of benzene rings is 1. The standard InChI is InChI=1S/C21H24F3N5O5/c1-27(13-18(30)26-15-2-4-16(5-3-15)34-21(22,23)24)19(31)12-17(29-7-6-25-14-29)20(32)28-8-10-33-11-9-28/h2-7,14,17H,8-13H2,1H3,(H,26,30)/t17-/m0/s1. The highest BCUT2D eigenvalue weighted by atomic mass is 19.4. The van der Waals surface area contributed by atoms with Crippen LogP contribution in [0.1, 0.15) is 12.5 Å². The molecule has 1 atom stereocenters. The van der Waals surface area contributed by atoms with Crippen LogP contribution in [-0.4, -0.2) is 83.3 Å². The Morgan fingerprint density at radius 1 is 1.21 bits per heavy atom. The van der Waals surface area contributed by atoms with Crippen molar-refractivity contribution in [3.8, 4) is 5.75 Å². The van der Waals surface area contributed by atoms with Crippen molar-refractivity contribution >= 4 is 23.4 Å². The first kappa shape index (κ1) is 25.0. The van der Waals surface area contributed by atoms with Gasteiger partial charge < -0.3 is 29.2 Å². The lowest BCUT2D eigenvalue weighted by Gasteiger charge is -2.31. The molecule has 1 aliphatic heterocycles. The van der Waals surface area contributed by atoms with Crippen molar-refractivity contribution in [3.05, 3.63) is 43.0 Å². The van der Waals surface area contributed by atoms with Crippen molar-refractivity contribution < 1.29 is 37.0 Å². The highest BCUT2D eigenvalue weighted by molar-refractivity contribution is 5.95. The van der Waals surface area contributed by atoms with E-state index in [-0.39, 0.29) is 24.6 Å². The fraction of sp³-hybridized carbons (Fsp3) is 0.429. The number of nitrogens with zero attached hydrogens (tertiary/aromatic N) is 4. The van der Waals surface area contributed by atoms with Crippen LogP contribution < -0.4 is 10.1 Å². The molecule has 0 bridgehead atoms. The predicted octanol–water partition coefficient (Wildman–Crippen LogP) is 1.67. The second-order valence-electron chi connectivity index (χ2n) is 7.54. The summed E-state index contributed by atoms with van der Waals surface area (Å²) >= 11 is 0. The molecule has 34 heavy (non-hydrogen) atoms. The van der Waals surface area contributed by atoms with E-state index in [0.717, 1.165) is 12.1 Å². The Bertz CT molecular complexity index is 976. The second kappa shape index (κ2) is 11.0. The number of carbonyl (C=O) groups excluding carboxylic acids is 3. The minimum Gasteiger partial charge on any atom is -0.406 e. The van der Waals surface area contributed by atoms with Gasteiger partial charge in [-0.2, -0.15) is 0 Å². The van der Waals surface area contributed by atoms with Crippen molar-refractivity contribution in [2.45, 2.75) is 18.8 Å². The number of nitrogens with one attached hydrogen (secondary N) is 1. The highest BCUT2D eigenvalue weighted by Gasteiger charge is 2.31. The molecule has 10 nitrogen and oxygen atoms in total. The van der Waals surface area contributed by atoms with E-state index in [1.54, 1.807) is 15.7 Å². The Kier molecular flexibility index (Phi) is 8.10.